The third kappa shape index (κ3) is 41.4. The number of carboxylic acid groups (broad SMARTS) is 1. The minimum Gasteiger partial charge on any atom is -0.481 e. The van der Waals surface area contributed by atoms with Gasteiger partial charge in [-0.3, -0.25) is 19.2 Å². The Hall–Kier alpha value is -2.64. The van der Waals surface area contributed by atoms with Crippen LogP contribution in [0.5, 0.6) is 0 Å². The molecule has 0 bridgehead atoms. The Bertz CT molecular complexity index is 779. The predicted molar refractivity (Wildman–Crippen MR) is 189 cm³/mol. The maximum absolute atomic E-state index is 11.4. The van der Waals surface area contributed by atoms with Gasteiger partial charge in [-0.05, 0) is 77.0 Å². The number of hydrogen-bond donors (Lipinski definition) is 2. The first kappa shape index (κ1) is 45.5. The molecule has 0 saturated carbocycles. The smallest absolute Gasteiger partial charge is 0.305 e. The van der Waals surface area contributed by atoms with E-state index in [-0.39, 0.29) is 24.3 Å². The van der Waals surface area contributed by atoms with E-state index in [0.29, 0.717) is 19.3 Å². The van der Waals surface area contributed by atoms with E-state index in [0.717, 1.165) is 77.2 Å². The molecule has 0 aromatic carbocycles. The number of esters is 2. The molecule has 8 heteroatoms. The van der Waals surface area contributed by atoms with E-state index < -0.39 is 5.97 Å². The molecule has 0 heterocycles. The average molecular weight is 652 g/mol. The lowest BCUT2D eigenvalue weighted by molar-refractivity contribution is -0.141. The van der Waals surface area contributed by atoms with Gasteiger partial charge in [-0.1, -0.05) is 95.4 Å². The molecule has 0 spiro atoms. The van der Waals surface area contributed by atoms with Crippen LogP contribution in [0.25, 0.3) is 0 Å². The second kappa shape index (κ2) is 38.5. The number of carbonyl (C=O) groups excluding carboxylic acids is 3. The predicted octanol–water partition coefficient (Wildman–Crippen LogP) is 9.79. The fourth-order valence-electron chi connectivity index (χ4n) is 4.78. The molecular weight excluding hydrogens is 582 g/mol. The third-order valence-electron chi connectivity index (χ3n) is 7.65. The van der Waals surface area contributed by atoms with Crippen LogP contribution in [0.4, 0.5) is 0 Å². The molecule has 0 atom stereocenters. The Labute approximate surface area is 281 Å². The Balaban J connectivity index is 0. The van der Waals surface area contributed by atoms with Gasteiger partial charge in [0.25, 0.3) is 0 Å². The first-order valence-corrected chi connectivity index (χ1v) is 18.3. The van der Waals surface area contributed by atoms with E-state index in [9.17, 15) is 19.2 Å². The molecule has 1 amide bonds. The Morgan fingerprint density at radius 3 is 1.24 bits per heavy atom. The van der Waals surface area contributed by atoms with Crippen LogP contribution in [0.3, 0.4) is 0 Å². The van der Waals surface area contributed by atoms with Crippen LogP contribution in [-0.4, -0.2) is 49.7 Å². The molecule has 0 rings (SSSR count). The van der Waals surface area contributed by atoms with E-state index >= 15 is 0 Å². The van der Waals surface area contributed by atoms with Crippen molar-refractivity contribution in [3.8, 4) is 0 Å². The van der Waals surface area contributed by atoms with E-state index in [1.807, 2.05) is 0 Å². The number of carboxylic acids is 1. The summed E-state index contributed by atoms with van der Waals surface area (Å²) in [5.74, 6) is -0.720. The number of nitrogens with one attached hydrogen (secondary N) is 1. The number of allylic oxidation sites excluding steroid dienone is 4. The van der Waals surface area contributed by atoms with Gasteiger partial charge in [0.1, 0.15) is 0 Å². The summed E-state index contributed by atoms with van der Waals surface area (Å²) in [5.41, 5.74) is 0. The fraction of sp³-hybridized carbons (Fsp3) is 0.789. The quantitative estimate of drug-likeness (QED) is 0.0435. The highest BCUT2D eigenvalue weighted by Crippen LogP contribution is 2.12. The van der Waals surface area contributed by atoms with Gasteiger partial charge >= 0.3 is 17.9 Å². The van der Waals surface area contributed by atoms with Crippen LogP contribution in [0.2, 0.25) is 0 Å². The number of ether oxygens (including phenoxy) is 2. The van der Waals surface area contributed by atoms with Gasteiger partial charge in [-0.25, -0.2) is 0 Å². The number of amides is 1. The third-order valence-corrected chi connectivity index (χ3v) is 7.65. The molecule has 0 saturated heterocycles. The van der Waals surface area contributed by atoms with Crippen molar-refractivity contribution in [2.24, 2.45) is 0 Å². The Morgan fingerprint density at radius 1 is 0.500 bits per heavy atom. The largest absolute Gasteiger partial charge is 0.481 e. The van der Waals surface area contributed by atoms with Crippen molar-refractivity contribution in [1.29, 1.82) is 0 Å². The van der Waals surface area contributed by atoms with Crippen molar-refractivity contribution >= 4 is 23.8 Å². The fourth-order valence-corrected chi connectivity index (χ4v) is 4.78. The van der Waals surface area contributed by atoms with Gasteiger partial charge in [0.05, 0.1) is 14.2 Å². The summed E-state index contributed by atoms with van der Waals surface area (Å²) in [5, 5.41) is 11.4. The lowest BCUT2D eigenvalue weighted by Gasteiger charge is -2.02. The average Bonchev–Trinajstić information content (AvgIpc) is 3.05. The zero-order valence-electron chi connectivity index (χ0n) is 29.8. The summed E-state index contributed by atoms with van der Waals surface area (Å²) < 4.78 is 9.22. The minimum absolute atomic E-state index is 0.0912. The number of carbonyl (C=O) groups is 4. The van der Waals surface area contributed by atoms with Crippen LogP contribution in [0.1, 0.15) is 174 Å². The number of unbranched alkanes of at least 4 members (excludes halogenated alkanes) is 17. The first-order chi connectivity index (χ1) is 22.4. The number of hydrogen-bond acceptors (Lipinski definition) is 6. The lowest BCUT2D eigenvalue weighted by atomic mass is 10.1. The molecule has 0 aliphatic rings. The van der Waals surface area contributed by atoms with Gasteiger partial charge in [-0.15, -0.1) is 0 Å². The lowest BCUT2D eigenvalue weighted by Crippen LogP contribution is -2.23. The molecule has 8 nitrogen and oxygen atoms in total. The highest BCUT2D eigenvalue weighted by molar-refractivity contribution is 5.75. The van der Waals surface area contributed by atoms with Crippen LogP contribution in [0.15, 0.2) is 24.3 Å². The van der Waals surface area contributed by atoms with Crippen LogP contribution >= 0.6 is 0 Å². The summed E-state index contributed by atoms with van der Waals surface area (Å²) in [6.07, 6.45) is 35.5. The van der Waals surface area contributed by atoms with Crippen LogP contribution in [0, 0.1) is 0 Å². The maximum atomic E-state index is 11.4. The standard InChI is InChI=1S/C21H39NO3.C17H30O4/c1-3-19-22-20(23)17-15-13-11-9-7-5-4-6-8-10-12-14-16-18-21(24)25-2;1-21-17(20)15-13-11-9-7-5-3-2-4-6-8-10-12-14-16(18)19/h7,9H,3-6,8,10-19H2,1-2H3,(H,22,23);6,8H,2-5,7,9-15H2,1H3,(H,18,19)/b9-7-;8-6-. The van der Waals surface area contributed by atoms with Gasteiger partial charge < -0.3 is 19.9 Å². The molecule has 46 heavy (non-hydrogen) atoms. The summed E-state index contributed by atoms with van der Waals surface area (Å²) in [6, 6.07) is 0. The number of methoxy groups -OCH3 is 2. The maximum Gasteiger partial charge on any atom is 0.305 e. The van der Waals surface area contributed by atoms with Gasteiger partial charge in [-0.2, -0.15) is 0 Å². The van der Waals surface area contributed by atoms with E-state index in [2.05, 4.69) is 46.0 Å². The molecule has 0 aromatic heterocycles. The molecule has 0 aliphatic heterocycles. The highest BCUT2D eigenvalue weighted by Gasteiger charge is 2.01. The molecule has 0 aromatic rings. The van der Waals surface area contributed by atoms with Crippen molar-refractivity contribution in [3.63, 3.8) is 0 Å². The highest BCUT2D eigenvalue weighted by atomic mass is 16.5. The summed E-state index contributed by atoms with van der Waals surface area (Å²) >= 11 is 0. The van der Waals surface area contributed by atoms with Crippen molar-refractivity contribution < 1.29 is 33.8 Å². The van der Waals surface area contributed by atoms with Crippen LogP contribution in [-0.2, 0) is 28.7 Å². The second-order valence-electron chi connectivity index (χ2n) is 12.0. The van der Waals surface area contributed by atoms with E-state index in [4.69, 9.17) is 5.11 Å². The minimum atomic E-state index is -0.713. The monoisotopic (exact) mass is 652 g/mol. The molecule has 0 unspecified atom stereocenters. The van der Waals surface area contributed by atoms with Crippen molar-refractivity contribution in [2.75, 3.05) is 20.8 Å². The zero-order valence-corrected chi connectivity index (χ0v) is 29.8. The normalized spacial score (nSPS) is 10.9. The van der Waals surface area contributed by atoms with Gasteiger partial charge in [0.2, 0.25) is 5.91 Å². The van der Waals surface area contributed by atoms with Crippen molar-refractivity contribution in [1.82, 2.24) is 5.32 Å². The molecule has 2 N–H and O–H groups in total. The van der Waals surface area contributed by atoms with E-state index in [1.54, 1.807) is 0 Å². The van der Waals surface area contributed by atoms with E-state index in [1.165, 1.54) is 84.8 Å². The summed E-state index contributed by atoms with van der Waals surface area (Å²) in [4.78, 5) is 43.6. The number of rotatable bonds is 31. The zero-order chi connectivity index (χ0) is 34.4. The summed E-state index contributed by atoms with van der Waals surface area (Å²) in [7, 11) is 2.88. The van der Waals surface area contributed by atoms with Gasteiger partial charge in [0.15, 0.2) is 0 Å². The molecule has 0 radical (unpaired) electrons. The second-order valence-corrected chi connectivity index (χ2v) is 12.0. The van der Waals surface area contributed by atoms with Crippen LogP contribution < -0.4 is 5.32 Å². The molecule has 0 fully saturated rings. The molecular formula is C38H69NO7. The SMILES string of the molecule is CCCNC(=O)CCCC/C=C\CCCCCCCCCC(=O)OC.COC(=O)CCCCCCCCC/C=C\CCCC(=O)O. The Morgan fingerprint density at radius 2 is 0.848 bits per heavy atom. The molecule has 0 aliphatic carbocycles. The topological polar surface area (TPSA) is 119 Å². The Kier molecular flexibility index (Phi) is 38.1. The molecule has 268 valence electrons. The first-order valence-electron chi connectivity index (χ1n) is 18.3. The van der Waals surface area contributed by atoms with Crippen molar-refractivity contribution in [3.05, 3.63) is 24.3 Å². The van der Waals surface area contributed by atoms with Crippen molar-refractivity contribution in [2.45, 2.75) is 174 Å². The van der Waals surface area contributed by atoms with Gasteiger partial charge in [0, 0.05) is 32.2 Å². The summed E-state index contributed by atoms with van der Waals surface area (Å²) in [6.45, 7) is 2.87. The number of aliphatic carboxylic acids is 1.